The molecule has 2 aromatic carbocycles. The fourth-order valence-corrected chi connectivity index (χ4v) is 6.34. The first kappa shape index (κ1) is 27.7. The summed E-state index contributed by atoms with van der Waals surface area (Å²) in [6.45, 7) is 9.78. The average molecular weight is 561 g/mol. The Morgan fingerprint density at radius 3 is 2.24 bits per heavy atom. The summed E-state index contributed by atoms with van der Waals surface area (Å²) in [7, 11) is 0. The maximum atomic E-state index is 13.3. The highest BCUT2D eigenvalue weighted by molar-refractivity contribution is 5.79. The standard InChI is InChI=1S/C34H32N4O4/c1-6-40-32(39)27-22(2)29(30-34(27,5)42-33(3,4)41-30)38-21-35-28-25(19-17-23-13-9-7-10-14-23)36-26(37-31(28)38)20-18-24-15-11-8-12-16-24/h7-16,21-22,27,29-30H,6H2,1-5H3/t22-,27+,29+,30-,34-/m0/s1. The number of hydrogen-bond acceptors (Lipinski definition) is 7. The van der Waals surface area contributed by atoms with Crippen molar-refractivity contribution >= 4 is 17.1 Å². The maximum absolute atomic E-state index is 13.3. The van der Waals surface area contributed by atoms with Crippen molar-refractivity contribution in [1.29, 1.82) is 0 Å². The molecule has 2 aromatic heterocycles. The fourth-order valence-electron chi connectivity index (χ4n) is 6.34. The minimum Gasteiger partial charge on any atom is -0.466 e. The van der Waals surface area contributed by atoms with Crippen molar-refractivity contribution in [2.75, 3.05) is 6.61 Å². The van der Waals surface area contributed by atoms with Gasteiger partial charge in [-0.05, 0) is 69.7 Å². The van der Waals surface area contributed by atoms with Crippen LogP contribution in [-0.2, 0) is 19.0 Å². The smallest absolute Gasteiger partial charge is 0.312 e. The van der Waals surface area contributed by atoms with Crippen LogP contribution >= 0.6 is 0 Å². The highest BCUT2D eigenvalue weighted by Gasteiger charge is 2.68. The summed E-state index contributed by atoms with van der Waals surface area (Å²) < 4.78 is 20.4. The molecule has 0 N–H and O–H groups in total. The first-order valence-corrected chi connectivity index (χ1v) is 14.1. The van der Waals surface area contributed by atoms with Crippen LogP contribution in [0.5, 0.6) is 0 Å². The Bertz CT molecular complexity index is 1760. The van der Waals surface area contributed by atoms with Crippen LogP contribution in [0.3, 0.4) is 0 Å². The number of carbonyl (C=O) groups excluding carboxylic acids is 1. The normalized spacial score (nSPS) is 25.6. The third-order valence-electron chi connectivity index (χ3n) is 7.91. The molecule has 4 aromatic rings. The van der Waals surface area contributed by atoms with Crippen molar-refractivity contribution in [3.8, 4) is 23.7 Å². The molecular formula is C34H32N4O4. The predicted octanol–water partition coefficient (Wildman–Crippen LogP) is 4.91. The minimum atomic E-state index is -0.907. The van der Waals surface area contributed by atoms with Gasteiger partial charge >= 0.3 is 5.97 Å². The van der Waals surface area contributed by atoms with Crippen molar-refractivity contribution in [2.45, 2.75) is 58.2 Å². The van der Waals surface area contributed by atoms with E-state index in [0.717, 1.165) is 11.1 Å². The molecule has 1 aliphatic heterocycles. The van der Waals surface area contributed by atoms with Crippen molar-refractivity contribution in [3.05, 3.63) is 89.6 Å². The second-order valence-corrected chi connectivity index (χ2v) is 11.3. The number of fused-ring (bicyclic) bond motifs is 2. The van der Waals surface area contributed by atoms with E-state index >= 15 is 0 Å². The summed E-state index contributed by atoms with van der Waals surface area (Å²) in [5.74, 6) is 11.0. The van der Waals surface area contributed by atoms with Crippen LogP contribution in [0.25, 0.3) is 11.2 Å². The topological polar surface area (TPSA) is 88.4 Å². The summed E-state index contributed by atoms with van der Waals surface area (Å²) in [4.78, 5) is 27.6. The third-order valence-corrected chi connectivity index (χ3v) is 7.91. The number of carbonyl (C=O) groups is 1. The monoisotopic (exact) mass is 560 g/mol. The molecule has 0 amide bonds. The van der Waals surface area contributed by atoms with E-state index in [2.05, 4.69) is 23.7 Å². The van der Waals surface area contributed by atoms with E-state index in [0.29, 0.717) is 22.7 Å². The van der Waals surface area contributed by atoms with Crippen LogP contribution in [0.2, 0.25) is 0 Å². The van der Waals surface area contributed by atoms with Gasteiger partial charge in [0.2, 0.25) is 5.82 Å². The highest BCUT2D eigenvalue weighted by atomic mass is 16.8. The van der Waals surface area contributed by atoms with Crippen molar-refractivity contribution < 1.29 is 19.0 Å². The van der Waals surface area contributed by atoms with Crippen LogP contribution in [0.15, 0.2) is 67.0 Å². The minimum absolute atomic E-state index is 0.208. The maximum Gasteiger partial charge on any atom is 0.312 e. The van der Waals surface area contributed by atoms with Gasteiger partial charge in [0.15, 0.2) is 11.4 Å². The summed E-state index contributed by atoms with van der Waals surface area (Å²) in [5.41, 5.74) is 2.39. The summed E-state index contributed by atoms with van der Waals surface area (Å²) in [6, 6.07) is 19.1. The van der Waals surface area contributed by atoms with E-state index in [9.17, 15) is 4.79 Å². The first-order valence-electron chi connectivity index (χ1n) is 14.1. The number of benzene rings is 2. The second-order valence-electron chi connectivity index (χ2n) is 11.3. The van der Waals surface area contributed by atoms with Crippen molar-refractivity contribution in [3.63, 3.8) is 0 Å². The van der Waals surface area contributed by atoms with E-state index in [-0.39, 0.29) is 24.5 Å². The molecular weight excluding hydrogens is 528 g/mol. The molecule has 5 atom stereocenters. The van der Waals surface area contributed by atoms with E-state index in [1.807, 2.05) is 92.9 Å². The number of esters is 1. The molecule has 6 rings (SSSR count). The van der Waals surface area contributed by atoms with Crippen molar-refractivity contribution in [2.24, 2.45) is 11.8 Å². The molecule has 212 valence electrons. The Morgan fingerprint density at radius 2 is 1.60 bits per heavy atom. The van der Waals surface area contributed by atoms with E-state index in [1.165, 1.54) is 0 Å². The highest BCUT2D eigenvalue weighted by Crippen LogP contribution is 2.57. The summed E-state index contributed by atoms with van der Waals surface area (Å²) in [5, 5.41) is 0. The quantitative estimate of drug-likeness (QED) is 0.260. The van der Waals surface area contributed by atoms with E-state index in [4.69, 9.17) is 29.2 Å². The van der Waals surface area contributed by atoms with Crippen LogP contribution < -0.4 is 0 Å². The van der Waals surface area contributed by atoms with Crippen LogP contribution in [-0.4, -0.2) is 49.6 Å². The van der Waals surface area contributed by atoms with Gasteiger partial charge in [-0.2, -0.15) is 0 Å². The SMILES string of the molecule is CCOC(=O)[C@H]1[C@H](C)[C@@H](n2cnc3c(C#Cc4ccccc4)nc(C#Cc4ccccc4)nc32)[C@@H]2OC(C)(C)O[C@]21C. The number of nitrogens with zero attached hydrogens (tertiary/aromatic N) is 4. The summed E-state index contributed by atoms with van der Waals surface area (Å²) in [6.07, 6.45) is 1.27. The van der Waals surface area contributed by atoms with Gasteiger partial charge in [0.25, 0.3) is 0 Å². The van der Waals surface area contributed by atoms with Gasteiger partial charge in [-0.25, -0.2) is 15.0 Å². The first-order chi connectivity index (χ1) is 20.2. The molecule has 0 radical (unpaired) electrons. The molecule has 0 bridgehead atoms. The molecule has 1 saturated heterocycles. The fraction of sp³-hybridized carbons (Fsp3) is 0.353. The Morgan fingerprint density at radius 1 is 0.952 bits per heavy atom. The van der Waals surface area contributed by atoms with Crippen LogP contribution in [0.1, 0.15) is 63.3 Å². The predicted molar refractivity (Wildman–Crippen MR) is 157 cm³/mol. The number of rotatable bonds is 3. The van der Waals surface area contributed by atoms with E-state index in [1.54, 1.807) is 13.3 Å². The molecule has 42 heavy (non-hydrogen) atoms. The average Bonchev–Trinajstić information content (AvgIpc) is 3.55. The van der Waals surface area contributed by atoms with Gasteiger partial charge < -0.3 is 18.8 Å². The Labute approximate surface area is 245 Å². The molecule has 1 aliphatic carbocycles. The second kappa shape index (κ2) is 10.7. The van der Waals surface area contributed by atoms with Gasteiger partial charge in [-0.15, -0.1) is 0 Å². The van der Waals surface area contributed by atoms with Gasteiger partial charge in [-0.3, -0.25) is 4.79 Å². The lowest BCUT2D eigenvalue weighted by Crippen LogP contribution is -2.44. The molecule has 2 fully saturated rings. The summed E-state index contributed by atoms with van der Waals surface area (Å²) >= 11 is 0. The Balaban J connectivity index is 1.50. The number of aromatic nitrogens is 4. The lowest BCUT2D eigenvalue weighted by atomic mass is 9.87. The van der Waals surface area contributed by atoms with Gasteiger partial charge in [0, 0.05) is 11.1 Å². The zero-order valence-corrected chi connectivity index (χ0v) is 24.3. The lowest BCUT2D eigenvalue weighted by molar-refractivity contribution is -0.190. The number of ether oxygens (including phenoxy) is 3. The lowest BCUT2D eigenvalue weighted by Gasteiger charge is -2.31. The molecule has 0 unspecified atom stereocenters. The molecule has 1 saturated carbocycles. The zero-order valence-electron chi connectivity index (χ0n) is 24.3. The number of hydrogen-bond donors (Lipinski definition) is 0. The van der Waals surface area contributed by atoms with Crippen LogP contribution in [0.4, 0.5) is 0 Å². The Kier molecular flexibility index (Phi) is 7.06. The van der Waals surface area contributed by atoms with E-state index < -0.39 is 23.4 Å². The molecule has 8 nitrogen and oxygen atoms in total. The molecule has 0 spiro atoms. The zero-order chi connectivity index (χ0) is 29.5. The Hall–Kier alpha value is -4.50. The van der Waals surface area contributed by atoms with Gasteiger partial charge in [0.1, 0.15) is 22.9 Å². The molecule has 2 aliphatic rings. The third kappa shape index (κ3) is 4.94. The largest absolute Gasteiger partial charge is 0.466 e. The van der Waals surface area contributed by atoms with Crippen LogP contribution in [0, 0.1) is 35.5 Å². The van der Waals surface area contributed by atoms with Crippen molar-refractivity contribution in [1.82, 2.24) is 19.5 Å². The molecule has 3 heterocycles. The molecule has 8 heteroatoms. The number of imidazole rings is 1. The van der Waals surface area contributed by atoms with Gasteiger partial charge in [0.05, 0.1) is 24.9 Å². The van der Waals surface area contributed by atoms with Gasteiger partial charge in [-0.1, -0.05) is 55.2 Å².